The van der Waals surface area contributed by atoms with Gasteiger partial charge in [-0.15, -0.1) is 11.3 Å². The third kappa shape index (κ3) is 3.03. The van der Waals surface area contributed by atoms with Crippen LogP contribution >= 0.6 is 34.5 Å². The van der Waals surface area contributed by atoms with Gasteiger partial charge in [0.2, 0.25) is 0 Å². The number of ether oxygens (including phenoxy) is 1. The zero-order chi connectivity index (χ0) is 14.9. The summed E-state index contributed by atoms with van der Waals surface area (Å²) in [6, 6.07) is 2.90. The lowest BCUT2D eigenvalue weighted by atomic mass is 10.2. The Hall–Kier alpha value is -1.37. The summed E-state index contributed by atoms with van der Waals surface area (Å²) < 4.78 is 6.89. The van der Waals surface area contributed by atoms with Crippen molar-refractivity contribution in [2.45, 2.75) is 13.5 Å². The number of halogens is 2. The predicted octanol–water partition coefficient (Wildman–Crippen LogP) is 2.81. The summed E-state index contributed by atoms with van der Waals surface area (Å²) in [6.07, 6.45) is 0. The minimum atomic E-state index is -0.361. The lowest BCUT2D eigenvalue weighted by Gasteiger charge is -2.09. The maximum atomic E-state index is 12.2. The highest BCUT2D eigenvalue weighted by atomic mass is 35.5. The van der Waals surface area contributed by atoms with Crippen LogP contribution in [0.25, 0.3) is 0 Å². The molecule has 0 spiro atoms. The van der Waals surface area contributed by atoms with Crippen molar-refractivity contribution >= 4 is 40.3 Å². The maximum Gasteiger partial charge on any atom is 0.299 e. The summed E-state index contributed by atoms with van der Waals surface area (Å²) in [7, 11) is 1.39. The monoisotopic (exact) mass is 332 g/mol. The molecule has 0 atom stereocenters. The van der Waals surface area contributed by atoms with E-state index in [1.54, 1.807) is 6.92 Å². The summed E-state index contributed by atoms with van der Waals surface area (Å²) in [5.74, 6) is -0.329. The SMILES string of the molecule is COc1nc(C)cc(=O)n1CC(=O)c1cc(Cl)sc1Cl. The highest BCUT2D eigenvalue weighted by Gasteiger charge is 2.17. The van der Waals surface area contributed by atoms with Gasteiger partial charge in [0.25, 0.3) is 11.6 Å². The number of aryl methyl sites for hydroxylation is 1. The van der Waals surface area contributed by atoms with Crippen molar-refractivity contribution in [1.82, 2.24) is 9.55 Å². The Kier molecular flexibility index (Phi) is 4.47. The van der Waals surface area contributed by atoms with E-state index >= 15 is 0 Å². The van der Waals surface area contributed by atoms with E-state index in [9.17, 15) is 9.59 Å². The van der Waals surface area contributed by atoms with Crippen molar-refractivity contribution in [1.29, 1.82) is 0 Å². The second-order valence-electron chi connectivity index (χ2n) is 3.97. The van der Waals surface area contributed by atoms with E-state index in [2.05, 4.69) is 4.98 Å². The summed E-state index contributed by atoms with van der Waals surface area (Å²) >= 11 is 12.8. The van der Waals surface area contributed by atoms with Gasteiger partial charge >= 0.3 is 0 Å². The molecule has 0 saturated carbocycles. The molecule has 0 N–H and O–H groups in total. The number of carbonyl (C=O) groups is 1. The molecule has 8 heteroatoms. The standard InChI is InChI=1S/C12H10Cl2N2O3S/c1-6-3-10(18)16(12(15-6)19-2)5-8(17)7-4-9(13)20-11(7)14/h3-4H,5H2,1-2H3. The van der Waals surface area contributed by atoms with Crippen LogP contribution in [0.2, 0.25) is 8.67 Å². The van der Waals surface area contributed by atoms with E-state index in [1.165, 1.54) is 19.2 Å². The van der Waals surface area contributed by atoms with Crippen LogP contribution in [0.4, 0.5) is 0 Å². The lowest BCUT2D eigenvalue weighted by molar-refractivity contribution is 0.0966. The fraction of sp³-hybridized carbons (Fsp3) is 0.250. The highest BCUT2D eigenvalue weighted by molar-refractivity contribution is 7.20. The number of nitrogens with zero attached hydrogens (tertiary/aromatic N) is 2. The van der Waals surface area contributed by atoms with E-state index in [1.807, 2.05) is 0 Å². The zero-order valence-corrected chi connectivity index (χ0v) is 13.0. The van der Waals surface area contributed by atoms with Crippen LogP contribution < -0.4 is 10.3 Å². The molecule has 0 aliphatic rings. The van der Waals surface area contributed by atoms with Crippen molar-refractivity contribution < 1.29 is 9.53 Å². The van der Waals surface area contributed by atoms with E-state index in [-0.39, 0.29) is 29.5 Å². The smallest absolute Gasteiger partial charge is 0.299 e. The van der Waals surface area contributed by atoms with Crippen molar-refractivity contribution in [3.63, 3.8) is 0 Å². The van der Waals surface area contributed by atoms with Crippen LogP contribution in [-0.2, 0) is 6.54 Å². The van der Waals surface area contributed by atoms with Crippen molar-refractivity contribution in [2.75, 3.05) is 7.11 Å². The molecule has 2 aromatic heterocycles. The van der Waals surface area contributed by atoms with Gasteiger partial charge in [-0.05, 0) is 13.0 Å². The van der Waals surface area contributed by atoms with Gasteiger partial charge in [-0.25, -0.2) is 4.98 Å². The van der Waals surface area contributed by atoms with Gasteiger partial charge < -0.3 is 4.74 Å². The minimum Gasteiger partial charge on any atom is -0.468 e. The lowest BCUT2D eigenvalue weighted by Crippen LogP contribution is -2.26. The Morgan fingerprint density at radius 1 is 1.45 bits per heavy atom. The fourth-order valence-corrected chi connectivity index (χ4v) is 3.15. The molecule has 0 unspecified atom stereocenters. The molecule has 0 fully saturated rings. The summed E-state index contributed by atoms with van der Waals surface area (Å²) in [4.78, 5) is 28.1. The second kappa shape index (κ2) is 5.95. The van der Waals surface area contributed by atoms with Crippen LogP contribution in [0.3, 0.4) is 0 Å². The first-order valence-electron chi connectivity index (χ1n) is 5.53. The van der Waals surface area contributed by atoms with Crippen LogP contribution in [-0.4, -0.2) is 22.4 Å². The number of aromatic nitrogens is 2. The zero-order valence-electron chi connectivity index (χ0n) is 10.6. The Morgan fingerprint density at radius 3 is 2.70 bits per heavy atom. The normalized spacial score (nSPS) is 10.6. The molecule has 0 aliphatic heterocycles. The number of ketones is 1. The van der Waals surface area contributed by atoms with E-state index < -0.39 is 0 Å². The van der Waals surface area contributed by atoms with Gasteiger partial charge in [0.05, 0.1) is 23.6 Å². The van der Waals surface area contributed by atoms with Crippen LogP contribution in [0.15, 0.2) is 16.9 Å². The molecule has 106 valence electrons. The molecule has 2 heterocycles. The van der Waals surface area contributed by atoms with Crippen LogP contribution in [0.5, 0.6) is 6.01 Å². The number of Topliss-reactive ketones (excluding diaryl/α,β-unsaturated/α-hetero) is 1. The van der Waals surface area contributed by atoms with E-state index in [4.69, 9.17) is 27.9 Å². The Morgan fingerprint density at radius 2 is 2.15 bits per heavy atom. The number of rotatable bonds is 4. The predicted molar refractivity (Wildman–Crippen MR) is 78.5 cm³/mol. The summed E-state index contributed by atoms with van der Waals surface area (Å²) in [5, 5.41) is 0. The fourth-order valence-electron chi connectivity index (χ4n) is 1.65. The molecule has 5 nitrogen and oxygen atoms in total. The van der Waals surface area contributed by atoms with Gasteiger partial charge in [0.15, 0.2) is 5.78 Å². The van der Waals surface area contributed by atoms with Crippen molar-refractivity contribution in [3.05, 3.63) is 42.4 Å². The third-order valence-corrected chi connectivity index (χ3v) is 4.03. The van der Waals surface area contributed by atoms with Gasteiger partial charge in [0, 0.05) is 11.8 Å². The number of thiophene rings is 1. The third-order valence-electron chi connectivity index (χ3n) is 2.54. The Bertz CT molecular complexity index is 724. The molecule has 0 aliphatic carbocycles. The first-order chi connectivity index (χ1) is 9.42. The number of methoxy groups -OCH3 is 1. The highest BCUT2D eigenvalue weighted by Crippen LogP contribution is 2.31. The number of hydrogen-bond acceptors (Lipinski definition) is 5. The summed E-state index contributed by atoms with van der Waals surface area (Å²) in [6.45, 7) is 1.47. The minimum absolute atomic E-state index is 0.0841. The second-order valence-corrected chi connectivity index (χ2v) is 6.26. The first-order valence-corrected chi connectivity index (χ1v) is 7.10. The quantitative estimate of drug-likeness (QED) is 0.807. The largest absolute Gasteiger partial charge is 0.468 e. The molecule has 2 aromatic rings. The van der Waals surface area contributed by atoms with E-state index in [0.717, 1.165) is 15.9 Å². The number of hydrogen-bond donors (Lipinski definition) is 0. The van der Waals surface area contributed by atoms with Crippen molar-refractivity contribution in [3.8, 4) is 6.01 Å². The molecule has 0 radical (unpaired) electrons. The maximum absolute atomic E-state index is 12.2. The first kappa shape index (κ1) is 15.0. The molecular weight excluding hydrogens is 323 g/mol. The van der Waals surface area contributed by atoms with E-state index in [0.29, 0.717) is 14.4 Å². The van der Waals surface area contributed by atoms with Crippen LogP contribution in [0.1, 0.15) is 16.1 Å². The Labute approximate surface area is 128 Å². The molecule has 0 amide bonds. The van der Waals surface area contributed by atoms with Gasteiger partial charge in [0.1, 0.15) is 4.34 Å². The molecule has 2 rings (SSSR count). The average molecular weight is 333 g/mol. The topological polar surface area (TPSA) is 61.2 Å². The van der Waals surface area contributed by atoms with Gasteiger partial charge in [-0.1, -0.05) is 23.2 Å². The molecule has 0 aromatic carbocycles. The summed E-state index contributed by atoms with van der Waals surface area (Å²) in [5.41, 5.74) is 0.448. The molecule has 0 bridgehead atoms. The molecule has 20 heavy (non-hydrogen) atoms. The van der Waals surface area contributed by atoms with Gasteiger partial charge in [-0.2, -0.15) is 0 Å². The van der Waals surface area contributed by atoms with Gasteiger partial charge in [-0.3, -0.25) is 14.2 Å². The van der Waals surface area contributed by atoms with Crippen LogP contribution in [0, 0.1) is 6.92 Å². The average Bonchev–Trinajstić information content (AvgIpc) is 2.71. The van der Waals surface area contributed by atoms with Crippen molar-refractivity contribution in [2.24, 2.45) is 0 Å². The Balaban J connectivity index is 2.37. The molecular formula is C12H10Cl2N2O3S. The number of carbonyl (C=O) groups excluding carboxylic acids is 1. The molecule has 0 saturated heterocycles.